The van der Waals surface area contributed by atoms with Gasteiger partial charge in [0.05, 0.1) is 11.5 Å². The van der Waals surface area contributed by atoms with Crippen LogP contribution in [0.5, 0.6) is 0 Å². The summed E-state index contributed by atoms with van der Waals surface area (Å²) < 4.78 is 0. The monoisotopic (exact) mass is 214 g/mol. The van der Waals surface area contributed by atoms with Gasteiger partial charge in [-0.05, 0) is 32.4 Å². The first kappa shape index (κ1) is 11.0. The van der Waals surface area contributed by atoms with Gasteiger partial charge in [0.25, 0.3) is 0 Å². The maximum atomic E-state index is 9.27. The number of anilines is 1. The first-order valence-corrected chi connectivity index (χ1v) is 5.85. The Morgan fingerprint density at radius 1 is 1.44 bits per heavy atom. The fraction of sp³-hybridized carbons (Fsp3) is 0.500. The zero-order valence-electron chi connectivity index (χ0n) is 10.2. The Labute approximate surface area is 97.5 Å². The lowest BCUT2D eigenvalue weighted by Crippen LogP contribution is -2.27. The highest BCUT2D eigenvalue weighted by Crippen LogP contribution is 2.45. The summed E-state index contributed by atoms with van der Waals surface area (Å²) in [5.74, 6) is 0.327. The van der Waals surface area contributed by atoms with Crippen LogP contribution in [0.2, 0.25) is 0 Å². The van der Waals surface area contributed by atoms with Crippen LogP contribution in [-0.4, -0.2) is 13.1 Å². The first-order valence-electron chi connectivity index (χ1n) is 5.85. The number of fused-ring (bicyclic) bond motifs is 1. The van der Waals surface area contributed by atoms with Gasteiger partial charge in [-0.2, -0.15) is 5.26 Å². The highest BCUT2D eigenvalue weighted by molar-refractivity contribution is 5.61. The van der Waals surface area contributed by atoms with Gasteiger partial charge in [0, 0.05) is 24.7 Å². The van der Waals surface area contributed by atoms with Gasteiger partial charge in [-0.1, -0.05) is 18.2 Å². The molecule has 1 aromatic rings. The van der Waals surface area contributed by atoms with Crippen molar-refractivity contribution in [2.75, 3.05) is 18.0 Å². The Kier molecular flexibility index (Phi) is 2.63. The second-order valence-electron chi connectivity index (χ2n) is 4.98. The molecule has 1 unspecified atom stereocenters. The van der Waals surface area contributed by atoms with Crippen LogP contribution in [0.1, 0.15) is 32.3 Å². The van der Waals surface area contributed by atoms with Crippen molar-refractivity contribution in [2.45, 2.75) is 26.7 Å². The van der Waals surface area contributed by atoms with Crippen molar-refractivity contribution >= 4 is 5.69 Å². The molecule has 0 N–H and O–H groups in total. The first-order chi connectivity index (χ1) is 7.60. The van der Waals surface area contributed by atoms with Crippen molar-refractivity contribution < 1.29 is 0 Å². The molecule has 1 aliphatic heterocycles. The summed E-state index contributed by atoms with van der Waals surface area (Å²) in [4.78, 5) is 2.36. The highest BCUT2D eigenvalue weighted by atomic mass is 15.1. The van der Waals surface area contributed by atoms with Crippen molar-refractivity contribution in [1.29, 1.82) is 5.26 Å². The van der Waals surface area contributed by atoms with Crippen LogP contribution in [0.4, 0.5) is 5.69 Å². The quantitative estimate of drug-likeness (QED) is 0.756. The molecular weight excluding hydrogens is 196 g/mol. The number of rotatable bonds is 2. The second-order valence-corrected chi connectivity index (χ2v) is 4.98. The third-order valence-corrected chi connectivity index (χ3v) is 3.60. The zero-order chi connectivity index (χ0) is 11.8. The number of nitriles is 1. The SMILES string of the molecule is CCN1CC(C(C)(C)C#N)c2ccccc21. The average molecular weight is 214 g/mol. The third kappa shape index (κ3) is 1.57. The van der Waals surface area contributed by atoms with Crippen LogP contribution >= 0.6 is 0 Å². The number of benzene rings is 1. The van der Waals surface area contributed by atoms with Gasteiger partial charge in [-0.3, -0.25) is 0 Å². The maximum Gasteiger partial charge on any atom is 0.0691 e. The van der Waals surface area contributed by atoms with Gasteiger partial charge < -0.3 is 4.90 Å². The van der Waals surface area contributed by atoms with Crippen LogP contribution in [0.3, 0.4) is 0 Å². The number of nitrogens with zero attached hydrogens (tertiary/aromatic N) is 2. The van der Waals surface area contributed by atoms with Gasteiger partial charge in [-0.15, -0.1) is 0 Å². The van der Waals surface area contributed by atoms with E-state index < -0.39 is 0 Å². The molecule has 1 atom stereocenters. The second kappa shape index (κ2) is 3.83. The lowest BCUT2D eigenvalue weighted by atomic mass is 9.77. The molecular formula is C14H18N2. The van der Waals surface area contributed by atoms with Gasteiger partial charge in [0.15, 0.2) is 0 Å². The van der Waals surface area contributed by atoms with E-state index in [1.807, 2.05) is 13.8 Å². The van der Waals surface area contributed by atoms with Crippen LogP contribution < -0.4 is 4.90 Å². The molecule has 1 aromatic carbocycles. The van der Waals surface area contributed by atoms with Gasteiger partial charge in [0.2, 0.25) is 0 Å². The molecule has 0 radical (unpaired) electrons. The molecule has 2 nitrogen and oxygen atoms in total. The number of likely N-dealkylation sites (N-methyl/N-ethyl adjacent to an activating group) is 1. The largest absolute Gasteiger partial charge is 0.371 e. The van der Waals surface area contributed by atoms with Crippen molar-refractivity contribution in [3.63, 3.8) is 0 Å². The summed E-state index contributed by atoms with van der Waals surface area (Å²) in [6, 6.07) is 10.9. The summed E-state index contributed by atoms with van der Waals surface area (Å²) in [6.07, 6.45) is 0. The van der Waals surface area contributed by atoms with Gasteiger partial charge in [-0.25, -0.2) is 0 Å². The van der Waals surface area contributed by atoms with Crippen LogP contribution in [-0.2, 0) is 0 Å². The Balaban J connectivity index is 2.45. The van der Waals surface area contributed by atoms with E-state index in [0.717, 1.165) is 13.1 Å². The van der Waals surface area contributed by atoms with E-state index in [9.17, 15) is 5.26 Å². The Morgan fingerprint density at radius 2 is 2.12 bits per heavy atom. The van der Waals surface area contributed by atoms with Gasteiger partial charge >= 0.3 is 0 Å². The van der Waals surface area contributed by atoms with E-state index in [4.69, 9.17) is 0 Å². The molecule has 1 aliphatic rings. The van der Waals surface area contributed by atoms with E-state index in [2.05, 4.69) is 42.2 Å². The Hall–Kier alpha value is -1.49. The van der Waals surface area contributed by atoms with Crippen molar-refractivity contribution in [3.8, 4) is 6.07 Å². The van der Waals surface area contributed by atoms with Crippen LogP contribution in [0, 0.1) is 16.7 Å². The molecule has 16 heavy (non-hydrogen) atoms. The molecule has 0 fully saturated rings. The minimum atomic E-state index is -0.292. The standard InChI is InChI=1S/C14H18N2/c1-4-16-9-12(14(2,3)10-15)11-7-5-6-8-13(11)16/h5-8,12H,4,9H2,1-3H3. The van der Waals surface area contributed by atoms with E-state index in [1.165, 1.54) is 11.3 Å². The Bertz CT molecular complexity index is 429. The van der Waals surface area contributed by atoms with Crippen molar-refractivity contribution in [1.82, 2.24) is 0 Å². The topological polar surface area (TPSA) is 27.0 Å². The van der Waals surface area contributed by atoms with E-state index >= 15 is 0 Å². The Morgan fingerprint density at radius 3 is 2.75 bits per heavy atom. The smallest absolute Gasteiger partial charge is 0.0691 e. The minimum Gasteiger partial charge on any atom is -0.371 e. The summed E-state index contributed by atoms with van der Waals surface area (Å²) in [6.45, 7) is 8.21. The predicted octanol–water partition coefficient (Wildman–Crippen LogP) is 3.16. The molecule has 0 bridgehead atoms. The molecule has 0 saturated heterocycles. The van der Waals surface area contributed by atoms with Crippen LogP contribution in [0.15, 0.2) is 24.3 Å². The lowest BCUT2D eigenvalue weighted by Gasteiger charge is -2.25. The number of para-hydroxylation sites is 1. The molecule has 0 spiro atoms. The van der Waals surface area contributed by atoms with E-state index in [0.29, 0.717) is 5.92 Å². The van der Waals surface area contributed by atoms with Crippen molar-refractivity contribution in [3.05, 3.63) is 29.8 Å². The number of hydrogen-bond donors (Lipinski definition) is 0. The zero-order valence-corrected chi connectivity index (χ0v) is 10.2. The molecule has 2 heteroatoms. The van der Waals surface area contributed by atoms with E-state index in [1.54, 1.807) is 0 Å². The normalized spacial score (nSPS) is 19.4. The summed E-state index contributed by atoms with van der Waals surface area (Å²) in [5.41, 5.74) is 2.34. The fourth-order valence-corrected chi connectivity index (χ4v) is 2.48. The van der Waals surface area contributed by atoms with Crippen molar-refractivity contribution in [2.24, 2.45) is 5.41 Å². The fourth-order valence-electron chi connectivity index (χ4n) is 2.48. The summed E-state index contributed by atoms with van der Waals surface area (Å²) >= 11 is 0. The molecule has 2 rings (SSSR count). The van der Waals surface area contributed by atoms with E-state index in [-0.39, 0.29) is 5.41 Å². The minimum absolute atomic E-state index is 0.292. The van der Waals surface area contributed by atoms with Gasteiger partial charge in [0.1, 0.15) is 0 Å². The average Bonchev–Trinajstić information content (AvgIpc) is 2.68. The molecule has 0 aromatic heterocycles. The number of hydrogen-bond acceptors (Lipinski definition) is 2. The maximum absolute atomic E-state index is 9.27. The predicted molar refractivity (Wildman–Crippen MR) is 66.5 cm³/mol. The summed E-state index contributed by atoms with van der Waals surface area (Å²) in [7, 11) is 0. The summed E-state index contributed by atoms with van der Waals surface area (Å²) in [5, 5.41) is 9.27. The highest BCUT2D eigenvalue weighted by Gasteiger charge is 2.38. The molecule has 1 heterocycles. The molecule has 0 amide bonds. The molecule has 0 saturated carbocycles. The molecule has 84 valence electrons. The third-order valence-electron chi connectivity index (χ3n) is 3.60. The lowest BCUT2D eigenvalue weighted by molar-refractivity contribution is 0.399. The molecule has 0 aliphatic carbocycles. The van der Waals surface area contributed by atoms with Crippen LogP contribution in [0.25, 0.3) is 0 Å².